The van der Waals surface area contributed by atoms with Crippen molar-refractivity contribution in [3.63, 3.8) is 0 Å². The molecule has 1 aromatic carbocycles. The summed E-state index contributed by atoms with van der Waals surface area (Å²) in [6, 6.07) is 2.47. The van der Waals surface area contributed by atoms with E-state index in [-0.39, 0.29) is 48.6 Å². The number of guanidine groups is 1. The number of rotatable bonds is 7. The Balaban J connectivity index is 0.00000625. The van der Waals surface area contributed by atoms with E-state index in [9.17, 15) is 26.0 Å². The van der Waals surface area contributed by atoms with Crippen LogP contribution in [-0.2, 0) is 22.7 Å². The molecule has 150 valence electrons. The van der Waals surface area contributed by atoms with Crippen molar-refractivity contribution in [3.05, 3.63) is 35.1 Å². The molecular formula is C14H21F4IN4O2S. The number of benzene rings is 1. The van der Waals surface area contributed by atoms with Gasteiger partial charge in [-0.3, -0.25) is 4.99 Å². The Kier molecular flexibility index (Phi) is 10.4. The number of nitrogens with one attached hydrogen (secondary N) is 3. The van der Waals surface area contributed by atoms with Crippen LogP contribution in [0.3, 0.4) is 0 Å². The SMILES string of the molecule is CN=C(NCCCNS(C)(=O)=O)NCc1ccc(F)cc1C(F)(F)F.I. The van der Waals surface area contributed by atoms with Gasteiger partial charge in [-0.25, -0.2) is 17.5 Å². The Morgan fingerprint density at radius 2 is 1.85 bits per heavy atom. The molecule has 0 aliphatic rings. The Hall–Kier alpha value is -1.15. The smallest absolute Gasteiger partial charge is 0.356 e. The van der Waals surface area contributed by atoms with Gasteiger partial charge in [0.15, 0.2) is 5.96 Å². The molecule has 1 aromatic rings. The molecule has 0 radical (unpaired) electrons. The predicted octanol–water partition coefficient (Wildman–Crippen LogP) is 2.07. The Morgan fingerprint density at radius 3 is 2.38 bits per heavy atom. The summed E-state index contributed by atoms with van der Waals surface area (Å²) in [5.74, 6) is -0.714. The molecule has 1 rings (SSSR count). The van der Waals surface area contributed by atoms with E-state index in [1.165, 1.54) is 7.05 Å². The molecule has 0 spiro atoms. The highest BCUT2D eigenvalue weighted by Gasteiger charge is 2.33. The zero-order valence-corrected chi connectivity index (χ0v) is 17.3. The lowest BCUT2D eigenvalue weighted by atomic mass is 10.1. The van der Waals surface area contributed by atoms with Gasteiger partial charge in [0, 0.05) is 26.7 Å². The molecule has 0 bridgehead atoms. The number of halogens is 5. The van der Waals surface area contributed by atoms with Crippen molar-refractivity contribution in [2.45, 2.75) is 19.1 Å². The molecule has 0 saturated carbocycles. The fraction of sp³-hybridized carbons (Fsp3) is 0.500. The predicted molar refractivity (Wildman–Crippen MR) is 102 cm³/mol. The van der Waals surface area contributed by atoms with Crippen LogP contribution in [0.25, 0.3) is 0 Å². The van der Waals surface area contributed by atoms with Crippen molar-refractivity contribution < 1.29 is 26.0 Å². The van der Waals surface area contributed by atoms with Crippen LogP contribution in [-0.4, -0.2) is 40.8 Å². The van der Waals surface area contributed by atoms with Gasteiger partial charge in [0.25, 0.3) is 0 Å². The van der Waals surface area contributed by atoms with Crippen LogP contribution in [0.4, 0.5) is 17.6 Å². The second-order valence-corrected chi connectivity index (χ2v) is 7.00. The van der Waals surface area contributed by atoms with Crippen LogP contribution < -0.4 is 15.4 Å². The highest BCUT2D eigenvalue weighted by molar-refractivity contribution is 14.0. The van der Waals surface area contributed by atoms with E-state index in [0.29, 0.717) is 19.0 Å². The van der Waals surface area contributed by atoms with E-state index in [1.807, 2.05) is 0 Å². The molecule has 0 unspecified atom stereocenters. The maximum Gasteiger partial charge on any atom is 0.416 e. The summed E-state index contributed by atoms with van der Waals surface area (Å²) in [5.41, 5.74) is -1.16. The third kappa shape index (κ3) is 9.52. The van der Waals surface area contributed by atoms with E-state index < -0.39 is 27.6 Å². The average Bonchev–Trinajstić information content (AvgIpc) is 2.49. The summed E-state index contributed by atoms with van der Waals surface area (Å²) in [5, 5.41) is 5.55. The maximum absolute atomic E-state index is 13.1. The van der Waals surface area contributed by atoms with Crippen LogP contribution in [0, 0.1) is 5.82 Å². The van der Waals surface area contributed by atoms with Crippen LogP contribution in [0.2, 0.25) is 0 Å². The van der Waals surface area contributed by atoms with Crippen LogP contribution in [0.5, 0.6) is 0 Å². The number of aliphatic imine (C=N–C) groups is 1. The number of alkyl halides is 3. The second kappa shape index (κ2) is 10.9. The van der Waals surface area contributed by atoms with Crippen LogP contribution in [0.15, 0.2) is 23.2 Å². The number of sulfonamides is 1. The standard InChI is InChI=1S/C14H20F4N4O2S.HI/c1-19-13(20-6-3-7-22-25(2,23)24)21-9-10-4-5-11(15)8-12(10)14(16,17)18;/h4-5,8,22H,3,6-7,9H2,1-2H3,(H2,19,20,21);1H. The Morgan fingerprint density at radius 1 is 1.19 bits per heavy atom. The first-order chi connectivity index (χ1) is 11.5. The van der Waals surface area contributed by atoms with Gasteiger partial charge in [-0.05, 0) is 24.1 Å². The summed E-state index contributed by atoms with van der Waals surface area (Å²) in [7, 11) is -1.82. The third-order valence-corrected chi connectivity index (χ3v) is 3.79. The summed E-state index contributed by atoms with van der Waals surface area (Å²) < 4.78 is 75.9. The molecule has 0 heterocycles. The molecule has 0 saturated heterocycles. The molecule has 0 amide bonds. The summed E-state index contributed by atoms with van der Waals surface area (Å²) in [6.07, 6.45) is -3.16. The molecule has 26 heavy (non-hydrogen) atoms. The summed E-state index contributed by atoms with van der Waals surface area (Å²) >= 11 is 0. The first-order valence-corrected chi connectivity index (χ1v) is 9.17. The van der Waals surface area contributed by atoms with Crippen molar-refractivity contribution in [1.82, 2.24) is 15.4 Å². The van der Waals surface area contributed by atoms with Crippen molar-refractivity contribution in [1.29, 1.82) is 0 Å². The minimum atomic E-state index is -4.66. The lowest BCUT2D eigenvalue weighted by molar-refractivity contribution is -0.138. The van der Waals surface area contributed by atoms with Gasteiger partial charge >= 0.3 is 6.18 Å². The quantitative estimate of drug-likeness (QED) is 0.172. The van der Waals surface area contributed by atoms with Crippen LogP contribution in [0.1, 0.15) is 17.5 Å². The van der Waals surface area contributed by atoms with Gasteiger partial charge < -0.3 is 10.6 Å². The first kappa shape index (κ1) is 24.8. The highest BCUT2D eigenvalue weighted by atomic mass is 127. The minimum absolute atomic E-state index is 0. The van der Waals surface area contributed by atoms with Gasteiger partial charge in [0.05, 0.1) is 11.8 Å². The van der Waals surface area contributed by atoms with Gasteiger partial charge in [0.2, 0.25) is 10.0 Å². The van der Waals surface area contributed by atoms with E-state index in [4.69, 9.17) is 0 Å². The molecule has 0 fully saturated rings. The summed E-state index contributed by atoms with van der Waals surface area (Å²) in [6.45, 7) is 0.382. The monoisotopic (exact) mass is 512 g/mol. The lowest BCUT2D eigenvalue weighted by Crippen LogP contribution is -2.38. The van der Waals surface area contributed by atoms with Crippen molar-refractivity contribution >= 4 is 40.0 Å². The van der Waals surface area contributed by atoms with E-state index >= 15 is 0 Å². The largest absolute Gasteiger partial charge is 0.416 e. The zero-order chi connectivity index (χ0) is 19.1. The zero-order valence-electron chi connectivity index (χ0n) is 14.2. The molecule has 12 heteroatoms. The summed E-state index contributed by atoms with van der Waals surface area (Å²) in [4.78, 5) is 3.86. The Labute approximate surface area is 166 Å². The molecule has 3 N–H and O–H groups in total. The molecule has 0 atom stereocenters. The third-order valence-electron chi connectivity index (χ3n) is 3.06. The first-order valence-electron chi connectivity index (χ1n) is 7.27. The van der Waals surface area contributed by atoms with Gasteiger partial charge in [-0.1, -0.05) is 6.07 Å². The topological polar surface area (TPSA) is 82.6 Å². The average molecular weight is 512 g/mol. The Bertz CT molecular complexity index is 711. The van der Waals surface area contributed by atoms with Gasteiger partial charge in [-0.2, -0.15) is 13.2 Å². The van der Waals surface area contributed by atoms with E-state index in [2.05, 4.69) is 20.3 Å². The fourth-order valence-electron chi connectivity index (χ4n) is 1.92. The molecular weight excluding hydrogens is 491 g/mol. The van der Waals surface area contributed by atoms with E-state index in [0.717, 1.165) is 18.4 Å². The lowest BCUT2D eigenvalue weighted by Gasteiger charge is -2.16. The van der Waals surface area contributed by atoms with Crippen molar-refractivity contribution in [2.24, 2.45) is 4.99 Å². The van der Waals surface area contributed by atoms with Crippen molar-refractivity contribution in [2.75, 3.05) is 26.4 Å². The highest BCUT2D eigenvalue weighted by Crippen LogP contribution is 2.32. The normalized spacial score (nSPS) is 12.5. The van der Waals surface area contributed by atoms with E-state index in [1.54, 1.807) is 0 Å². The minimum Gasteiger partial charge on any atom is -0.356 e. The second-order valence-electron chi connectivity index (χ2n) is 5.17. The molecule has 0 aliphatic carbocycles. The number of hydrogen-bond acceptors (Lipinski definition) is 3. The fourth-order valence-corrected chi connectivity index (χ4v) is 2.43. The van der Waals surface area contributed by atoms with Crippen molar-refractivity contribution in [3.8, 4) is 0 Å². The molecule has 0 aromatic heterocycles. The maximum atomic E-state index is 13.1. The molecule has 0 aliphatic heterocycles. The van der Waals surface area contributed by atoms with Gasteiger partial charge in [-0.15, -0.1) is 24.0 Å². The van der Waals surface area contributed by atoms with Gasteiger partial charge in [0.1, 0.15) is 5.82 Å². The van der Waals surface area contributed by atoms with Crippen LogP contribution >= 0.6 is 24.0 Å². The molecule has 6 nitrogen and oxygen atoms in total. The number of hydrogen-bond donors (Lipinski definition) is 3. The number of nitrogens with zero attached hydrogens (tertiary/aromatic N) is 1.